The topological polar surface area (TPSA) is 108 Å². The predicted molar refractivity (Wildman–Crippen MR) is 107 cm³/mol. The summed E-state index contributed by atoms with van der Waals surface area (Å²) in [5.41, 5.74) is 1.13. The van der Waals surface area contributed by atoms with Crippen molar-refractivity contribution >= 4 is 19.8 Å². The third kappa shape index (κ3) is 10.1. The minimum atomic E-state index is -1.10. The standard InChI is InChI=1S/C13H13N4O3.C6H15P.Au/c18-11(7-6-10-8-14-17-16-10)15-12(13(19)20)9-4-2-1-3-5-9;1-4-7(5-2)6-3;/h1-5,12H,6-7H2,(H,15,18)(H,19,20)(H,14,16,17);4-6H2,1-3H3;/q-1;;+1/t12-;;/m1../s1. The molecule has 0 spiro atoms. The maximum absolute atomic E-state index is 11.8. The Balaban J connectivity index is 0.000000786. The van der Waals surface area contributed by atoms with Crippen LogP contribution in [0.1, 0.15) is 44.5 Å². The van der Waals surface area contributed by atoms with E-state index in [0.29, 0.717) is 25.6 Å². The van der Waals surface area contributed by atoms with E-state index in [2.05, 4.69) is 47.7 Å². The number of nitrogens with zero attached hydrogens (tertiary/aromatic N) is 2. The number of aromatic amines is 1. The van der Waals surface area contributed by atoms with Gasteiger partial charge in [0.15, 0.2) is 6.04 Å². The van der Waals surface area contributed by atoms with E-state index in [1.807, 2.05) is 0 Å². The average molecular weight is 588 g/mol. The number of carbonyl (C=O) groups excluding carboxylic acids is 1. The minimum Gasteiger partial charge on any atom is -0.479 e. The fourth-order valence-electron chi connectivity index (χ4n) is 2.38. The third-order valence-electron chi connectivity index (χ3n) is 4.05. The second-order valence-electron chi connectivity index (χ2n) is 5.77. The molecule has 2 aromatic rings. The van der Waals surface area contributed by atoms with Crippen molar-refractivity contribution in [2.45, 2.75) is 39.7 Å². The maximum atomic E-state index is 11.8. The minimum absolute atomic E-state index is 0. The number of hydrogen-bond acceptors (Lipinski definition) is 4. The monoisotopic (exact) mass is 588 g/mol. The second kappa shape index (κ2) is 15.4. The number of benzene rings is 1. The van der Waals surface area contributed by atoms with E-state index in [-0.39, 0.29) is 34.7 Å². The maximum Gasteiger partial charge on any atom is 1.00 e. The van der Waals surface area contributed by atoms with Crippen molar-refractivity contribution in [3.05, 3.63) is 47.8 Å². The molecule has 0 fully saturated rings. The quantitative estimate of drug-likeness (QED) is 0.237. The van der Waals surface area contributed by atoms with Crippen LogP contribution in [0.25, 0.3) is 0 Å². The molecule has 1 heterocycles. The second-order valence-corrected chi connectivity index (χ2v) is 9.01. The molecule has 0 aliphatic carbocycles. The smallest absolute Gasteiger partial charge is 0.479 e. The van der Waals surface area contributed by atoms with Gasteiger partial charge in [-0.3, -0.25) is 4.79 Å². The molecule has 1 amide bonds. The summed E-state index contributed by atoms with van der Waals surface area (Å²) in [7, 11) is 0.446. The third-order valence-corrected chi connectivity index (χ3v) is 6.73. The first kappa shape index (κ1) is 26.5. The summed E-state index contributed by atoms with van der Waals surface area (Å²) in [5, 5.41) is 21.2. The number of aromatic nitrogens is 3. The van der Waals surface area contributed by atoms with Crippen LogP contribution in [0.3, 0.4) is 0 Å². The van der Waals surface area contributed by atoms with Gasteiger partial charge in [-0.15, -0.1) is 18.8 Å². The number of nitrogens with one attached hydrogen (secondary N) is 2. The zero-order chi connectivity index (χ0) is 20.1. The SMILES string of the molecule is CCP(CC)CC.O=C(CCc1[c-]nn[nH]1)N[C@@H](C(=O)O)c1ccccc1.[Au+]. The Labute approximate surface area is 183 Å². The Kier molecular flexibility index (Phi) is 14.6. The first-order chi connectivity index (χ1) is 13.0. The van der Waals surface area contributed by atoms with Gasteiger partial charge in [0, 0.05) is 6.42 Å². The summed E-state index contributed by atoms with van der Waals surface area (Å²) < 4.78 is 0. The molecule has 1 aromatic heterocycles. The summed E-state index contributed by atoms with van der Waals surface area (Å²) in [6.07, 6.45) is 7.36. The first-order valence-electron chi connectivity index (χ1n) is 9.08. The van der Waals surface area contributed by atoms with Gasteiger partial charge in [-0.1, -0.05) is 51.1 Å². The first-order valence-corrected chi connectivity index (χ1v) is 11.0. The van der Waals surface area contributed by atoms with Gasteiger partial charge in [0.25, 0.3) is 0 Å². The van der Waals surface area contributed by atoms with E-state index in [0.717, 1.165) is 0 Å². The zero-order valence-corrected chi connectivity index (χ0v) is 19.5. The fraction of sp³-hybridized carbons (Fsp3) is 0.474. The number of carboxylic acid groups (broad SMARTS) is 1. The van der Waals surface area contributed by atoms with Gasteiger partial charge in [0.2, 0.25) is 5.91 Å². The number of carboxylic acids is 1. The molecule has 1 aromatic carbocycles. The molecule has 9 heteroatoms. The summed E-state index contributed by atoms with van der Waals surface area (Å²) in [4.78, 5) is 23.0. The molecular formula is C19H28AuN4O3P. The number of hydrogen-bond donors (Lipinski definition) is 3. The Morgan fingerprint density at radius 2 is 1.79 bits per heavy atom. The van der Waals surface area contributed by atoms with Crippen molar-refractivity contribution in [1.82, 2.24) is 20.7 Å². The van der Waals surface area contributed by atoms with E-state index in [1.165, 1.54) is 18.5 Å². The molecule has 0 aliphatic rings. The van der Waals surface area contributed by atoms with E-state index >= 15 is 0 Å². The molecule has 3 N–H and O–H groups in total. The molecule has 0 bridgehead atoms. The number of amides is 1. The number of aliphatic carboxylic acids is 1. The van der Waals surface area contributed by atoms with Crippen LogP contribution in [0, 0.1) is 6.20 Å². The van der Waals surface area contributed by atoms with Crippen LogP contribution in [0.4, 0.5) is 0 Å². The number of aryl methyl sites for hydroxylation is 1. The van der Waals surface area contributed by atoms with Crippen molar-refractivity contribution < 1.29 is 37.1 Å². The predicted octanol–water partition coefficient (Wildman–Crippen LogP) is 3.01. The fourth-order valence-corrected chi connectivity index (χ4v) is 3.72. The van der Waals surface area contributed by atoms with Gasteiger partial charge >= 0.3 is 28.3 Å². The van der Waals surface area contributed by atoms with Crippen molar-refractivity contribution in [1.29, 1.82) is 0 Å². The van der Waals surface area contributed by atoms with Gasteiger partial charge in [-0.05, 0) is 30.5 Å². The molecule has 28 heavy (non-hydrogen) atoms. The Morgan fingerprint density at radius 3 is 2.21 bits per heavy atom. The van der Waals surface area contributed by atoms with Gasteiger partial charge in [0.05, 0.1) is 0 Å². The van der Waals surface area contributed by atoms with Crippen LogP contribution in [0.5, 0.6) is 0 Å². The summed E-state index contributed by atoms with van der Waals surface area (Å²) in [5.74, 6) is -1.46. The van der Waals surface area contributed by atoms with Gasteiger partial charge < -0.3 is 26.8 Å². The average Bonchev–Trinajstić information content (AvgIpc) is 3.20. The van der Waals surface area contributed by atoms with Crippen molar-refractivity contribution in [3.63, 3.8) is 0 Å². The van der Waals surface area contributed by atoms with Gasteiger partial charge in [0.1, 0.15) is 0 Å². The Bertz CT molecular complexity index is 662. The normalized spacial score (nSPS) is 11.0. The number of H-pyrrole nitrogens is 1. The molecule has 0 unspecified atom stereocenters. The summed E-state index contributed by atoms with van der Waals surface area (Å²) >= 11 is 0. The van der Waals surface area contributed by atoms with Crippen LogP contribution in [0.2, 0.25) is 0 Å². The summed E-state index contributed by atoms with van der Waals surface area (Å²) in [6, 6.07) is 7.50. The van der Waals surface area contributed by atoms with Crippen molar-refractivity contribution in [2.75, 3.05) is 18.5 Å². The van der Waals surface area contributed by atoms with Crippen LogP contribution in [0.15, 0.2) is 30.3 Å². The van der Waals surface area contributed by atoms with Crippen LogP contribution >= 0.6 is 7.92 Å². The largest absolute Gasteiger partial charge is 1.00 e. The molecule has 0 aliphatic heterocycles. The Hall–Kier alpha value is -1.53. The molecule has 1 atom stereocenters. The molecule has 0 saturated heterocycles. The van der Waals surface area contributed by atoms with E-state index in [1.54, 1.807) is 30.3 Å². The van der Waals surface area contributed by atoms with Gasteiger partial charge in [-0.2, -0.15) is 0 Å². The van der Waals surface area contributed by atoms with E-state index < -0.39 is 12.0 Å². The molecule has 0 saturated carbocycles. The Morgan fingerprint density at radius 1 is 1.18 bits per heavy atom. The van der Waals surface area contributed by atoms with E-state index in [9.17, 15) is 14.7 Å². The zero-order valence-electron chi connectivity index (χ0n) is 16.4. The van der Waals surface area contributed by atoms with Crippen molar-refractivity contribution in [2.24, 2.45) is 0 Å². The molecular weight excluding hydrogens is 560 g/mol. The molecule has 0 radical (unpaired) electrons. The molecule has 158 valence electrons. The van der Waals surface area contributed by atoms with Crippen LogP contribution in [-0.2, 0) is 38.4 Å². The molecule has 2 rings (SSSR count). The van der Waals surface area contributed by atoms with Crippen molar-refractivity contribution in [3.8, 4) is 0 Å². The summed E-state index contributed by atoms with van der Waals surface area (Å²) in [6.45, 7) is 6.87. The van der Waals surface area contributed by atoms with Crippen LogP contribution < -0.4 is 5.32 Å². The van der Waals surface area contributed by atoms with Gasteiger partial charge in [-0.25, -0.2) is 4.79 Å². The van der Waals surface area contributed by atoms with E-state index in [4.69, 9.17) is 0 Å². The molecule has 7 nitrogen and oxygen atoms in total. The number of carbonyl (C=O) groups is 2. The van der Waals surface area contributed by atoms with Crippen LogP contribution in [-0.4, -0.2) is 50.9 Å². The number of rotatable bonds is 9.